The van der Waals surface area contributed by atoms with Crippen molar-refractivity contribution in [2.75, 3.05) is 16.3 Å². The van der Waals surface area contributed by atoms with Crippen molar-refractivity contribution in [1.29, 1.82) is 0 Å². The molecule has 2 heteroatoms. The highest BCUT2D eigenvalue weighted by molar-refractivity contribution is 6.04. The van der Waals surface area contributed by atoms with Gasteiger partial charge in [-0.25, -0.2) is 0 Å². The molecule has 0 aromatic heterocycles. The van der Waals surface area contributed by atoms with Crippen LogP contribution in [0.1, 0.15) is 64.3 Å². The second-order valence-electron chi connectivity index (χ2n) is 17.6. The molecular formula is C56H46N2. The van der Waals surface area contributed by atoms with Crippen LogP contribution in [0, 0.1) is 5.41 Å². The highest BCUT2D eigenvalue weighted by Gasteiger charge is 2.48. The van der Waals surface area contributed by atoms with Gasteiger partial charge in [0.15, 0.2) is 0 Å². The molecule has 1 saturated heterocycles. The van der Waals surface area contributed by atoms with E-state index in [2.05, 4.69) is 199 Å². The van der Waals surface area contributed by atoms with Gasteiger partial charge in [0.1, 0.15) is 0 Å². The molecule has 0 amide bonds. The lowest BCUT2D eigenvalue weighted by Crippen LogP contribution is -2.50. The van der Waals surface area contributed by atoms with Crippen molar-refractivity contribution in [2.45, 2.75) is 50.5 Å². The summed E-state index contributed by atoms with van der Waals surface area (Å²) >= 11 is 0. The Morgan fingerprint density at radius 3 is 2.00 bits per heavy atom. The van der Waals surface area contributed by atoms with Gasteiger partial charge in [-0.05, 0) is 117 Å². The molecule has 7 aromatic carbocycles. The van der Waals surface area contributed by atoms with Crippen LogP contribution in [0.25, 0.3) is 34.1 Å². The Morgan fingerprint density at radius 1 is 0.586 bits per heavy atom. The lowest BCUT2D eigenvalue weighted by atomic mass is 9.72. The maximum Gasteiger partial charge on any atom is 0.0564 e. The SMILES string of the molecule is CC12C=CC=CC1N(c1ccc3c(c1)C1(Cc4ccccc4C1)c1cc(C=Cc4ccc(N5c6ccccc6Cc6ccccc65)c5ccccc45)ccc1-3)CCC2. The zero-order chi connectivity index (χ0) is 38.4. The summed E-state index contributed by atoms with van der Waals surface area (Å²) in [6.45, 7) is 3.54. The maximum absolute atomic E-state index is 2.69. The number of benzene rings is 7. The molecule has 3 aliphatic carbocycles. The number of anilines is 4. The summed E-state index contributed by atoms with van der Waals surface area (Å²) in [6.07, 6.45) is 19.5. The van der Waals surface area contributed by atoms with Crippen LogP contribution in [0.5, 0.6) is 0 Å². The van der Waals surface area contributed by atoms with Crippen molar-refractivity contribution < 1.29 is 0 Å². The van der Waals surface area contributed by atoms with Crippen molar-refractivity contribution >= 4 is 45.7 Å². The zero-order valence-electron chi connectivity index (χ0n) is 33.0. The number of para-hydroxylation sites is 2. The predicted octanol–water partition coefficient (Wildman–Crippen LogP) is 13.6. The van der Waals surface area contributed by atoms with Crippen LogP contribution in [-0.2, 0) is 24.7 Å². The molecule has 12 rings (SSSR count). The van der Waals surface area contributed by atoms with E-state index in [-0.39, 0.29) is 10.8 Å². The molecule has 2 nitrogen and oxygen atoms in total. The molecule has 0 saturated carbocycles. The molecule has 1 spiro atoms. The predicted molar refractivity (Wildman–Crippen MR) is 244 cm³/mol. The van der Waals surface area contributed by atoms with E-state index in [0.29, 0.717) is 6.04 Å². The van der Waals surface area contributed by atoms with E-state index in [1.54, 1.807) is 0 Å². The molecule has 0 radical (unpaired) electrons. The van der Waals surface area contributed by atoms with Crippen molar-refractivity contribution in [3.8, 4) is 11.1 Å². The molecule has 2 atom stereocenters. The van der Waals surface area contributed by atoms with E-state index in [1.165, 1.54) is 102 Å². The highest BCUT2D eigenvalue weighted by atomic mass is 15.2. The van der Waals surface area contributed by atoms with Gasteiger partial charge in [0, 0.05) is 46.2 Å². The summed E-state index contributed by atoms with van der Waals surface area (Å²) in [5.74, 6) is 0. The molecule has 7 aromatic rings. The van der Waals surface area contributed by atoms with E-state index in [9.17, 15) is 0 Å². The topological polar surface area (TPSA) is 6.48 Å². The minimum atomic E-state index is -0.0784. The fourth-order valence-electron chi connectivity index (χ4n) is 11.5. The minimum absolute atomic E-state index is 0.0784. The first-order valence-corrected chi connectivity index (χ1v) is 21.2. The Bertz CT molecular complexity index is 2840. The molecule has 0 bridgehead atoms. The van der Waals surface area contributed by atoms with Crippen LogP contribution in [-0.4, -0.2) is 12.6 Å². The Labute approximate surface area is 342 Å². The lowest BCUT2D eigenvalue weighted by molar-refractivity contribution is 0.284. The van der Waals surface area contributed by atoms with Crippen molar-refractivity contribution in [3.63, 3.8) is 0 Å². The molecule has 2 unspecified atom stereocenters. The number of fused-ring (bicyclic) bond motifs is 10. The van der Waals surface area contributed by atoms with Gasteiger partial charge in [0.25, 0.3) is 0 Å². The fraction of sp³-hybridized carbons (Fsp3) is 0.179. The van der Waals surface area contributed by atoms with Gasteiger partial charge in [0.05, 0.1) is 11.7 Å². The summed E-state index contributed by atoms with van der Waals surface area (Å²) in [7, 11) is 0. The fourth-order valence-corrected chi connectivity index (χ4v) is 11.5. The number of nitrogens with zero attached hydrogens (tertiary/aromatic N) is 2. The Morgan fingerprint density at radius 2 is 1.24 bits per heavy atom. The van der Waals surface area contributed by atoms with Gasteiger partial charge in [-0.15, -0.1) is 0 Å². The van der Waals surface area contributed by atoms with E-state index in [4.69, 9.17) is 0 Å². The van der Waals surface area contributed by atoms with Crippen LogP contribution in [0.4, 0.5) is 22.7 Å². The summed E-state index contributed by atoms with van der Waals surface area (Å²) in [5.41, 5.74) is 19.2. The largest absolute Gasteiger partial charge is 0.364 e. The molecular weight excluding hydrogens is 701 g/mol. The first-order chi connectivity index (χ1) is 28.6. The summed E-state index contributed by atoms with van der Waals surface area (Å²) in [6, 6.07) is 55.6. The zero-order valence-corrected chi connectivity index (χ0v) is 33.0. The minimum Gasteiger partial charge on any atom is -0.364 e. The maximum atomic E-state index is 2.69. The molecule has 58 heavy (non-hydrogen) atoms. The highest BCUT2D eigenvalue weighted by Crippen LogP contribution is 2.57. The van der Waals surface area contributed by atoms with Crippen LogP contribution >= 0.6 is 0 Å². The smallest absolute Gasteiger partial charge is 0.0564 e. The average molecular weight is 747 g/mol. The van der Waals surface area contributed by atoms with E-state index in [0.717, 1.165) is 25.8 Å². The number of hydrogen-bond acceptors (Lipinski definition) is 2. The first-order valence-electron chi connectivity index (χ1n) is 21.2. The molecule has 2 heterocycles. The van der Waals surface area contributed by atoms with E-state index in [1.807, 2.05) is 0 Å². The standard InChI is InChI=1S/C56H46N2/c1-55-30-11-10-21-54(55)57(32-12-31-55)44-26-28-47-46-27-23-38(33-49(46)56(50(47)35-44)36-42-15-2-3-16-43(42)37-56)22-24-39-25-29-53(48-18-7-6-17-45(39)48)58-51-19-8-4-13-40(51)34-41-14-5-9-20-52(41)58/h2-11,13-30,33,35,54H,12,31-32,34,36-37H2,1H3. The first kappa shape index (κ1) is 33.7. The van der Waals surface area contributed by atoms with Crippen LogP contribution in [0.2, 0.25) is 0 Å². The normalized spacial score (nSPS) is 20.5. The van der Waals surface area contributed by atoms with E-state index >= 15 is 0 Å². The van der Waals surface area contributed by atoms with Crippen LogP contribution in [0.3, 0.4) is 0 Å². The molecule has 1 fully saturated rings. The molecule has 5 aliphatic rings. The summed E-state index contributed by atoms with van der Waals surface area (Å²) in [4.78, 5) is 5.16. The van der Waals surface area contributed by atoms with Gasteiger partial charge < -0.3 is 9.80 Å². The van der Waals surface area contributed by atoms with Crippen molar-refractivity contribution in [3.05, 3.63) is 214 Å². The van der Waals surface area contributed by atoms with Gasteiger partial charge in [-0.1, -0.05) is 159 Å². The molecule has 0 N–H and O–H groups in total. The third kappa shape index (κ3) is 5.04. The van der Waals surface area contributed by atoms with Gasteiger partial charge >= 0.3 is 0 Å². The number of piperidine rings is 1. The van der Waals surface area contributed by atoms with Gasteiger partial charge in [-0.2, -0.15) is 0 Å². The Kier molecular flexibility index (Phi) is 7.45. The summed E-state index contributed by atoms with van der Waals surface area (Å²) < 4.78 is 0. The number of rotatable bonds is 4. The second kappa shape index (κ2) is 12.8. The third-order valence-electron chi connectivity index (χ3n) is 14.3. The second-order valence-corrected chi connectivity index (χ2v) is 17.6. The average Bonchev–Trinajstić information content (AvgIpc) is 3.79. The van der Waals surface area contributed by atoms with Crippen molar-refractivity contribution in [1.82, 2.24) is 0 Å². The summed E-state index contributed by atoms with van der Waals surface area (Å²) in [5, 5.41) is 2.52. The monoisotopic (exact) mass is 746 g/mol. The van der Waals surface area contributed by atoms with E-state index < -0.39 is 0 Å². The van der Waals surface area contributed by atoms with Crippen LogP contribution < -0.4 is 9.80 Å². The quantitative estimate of drug-likeness (QED) is 0.166. The Balaban J connectivity index is 0.934. The molecule has 280 valence electrons. The number of hydrogen-bond donors (Lipinski definition) is 0. The van der Waals surface area contributed by atoms with Gasteiger partial charge in [-0.3, -0.25) is 0 Å². The van der Waals surface area contributed by atoms with Gasteiger partial charge in [0.2, 0.25) is 0 Å². The van der Waals surface area contributed by atoms with Crippen molar-refractivity contribution in [2.24, 2.45) is 5.41 Å². The lowest BCUT2D eigenvalue weighted by Gasteiger charge is -2.48. The third-order valence-corrected chi connectivity index (χ3v) is 14.3. The molecule has 2 aliphatic heterocycles. The number of allylic oxidation sites excluding steroid dienone is 2. The Hall–Kier alpha value is -6.38. The van der Waals surface area contributed by atoms with Crippen LogP contribution in [0.15, 0.2) is 170 Å².